The normalized spacial score (nSPS) is 12.2. The number of pyridine rings is 1. The van der Waals surface area contributed by atoms with Crippen molar-refractivity contribution in [1.29, 1.82) is 0 Å². The third-order valence-corrected chi connectivity index (χ3v) is 8.08. The summed E-state index contributed by atoms with van der Waals surface area (Å²) in [5.74, 6) is 0.393. The summed E-state index contributed by atoms with van der Waals surface area (Å²) in [6.07, 6.45) is 0. The number of ether oxygens (including phenoxy) is 1. The number of hydrogen-bond donors (Lipinski definition) is 2. The molecule has 2 N–H and O–H groups in total. The van der Waals surface area contributed by atoms with Gasteiger partial charge in [0.25, 0.3) is 5.91 Å². The van der Waals surface area contributed by atoms with Crippen molar-refractivity contribution in [3.63, 3.8) is 0 Å². The first-order valence-corrected chi connectivity index (χ1v) is 13.5. The van der Waals surface area contributed by atoms with Gasteiger partial charge in [-0.05, 0) is 64.5 Å². The predicted molar refractivity (Wildman–Crippen MR) is 157 cm³/mol. The van der Waals surface area contributed by atoms with Gasteiger partial charge in [-0.15, -0.1) is 0 Å². The molecule has 0 spiro atoms. The molecule has 0 atom stereocenters. The van der Waals surface area contributed by atoms with Crippen molar-refractivity contribution in [2.45, 2.75) is 6.73 Å². The van der Waals surface area contributed by atoms with Crippen LogP contribution in [-0.2, 0) is 6.73 Å². The molecule has 6 aromatic rings. The molecule has 1 amide bonds. The largest absolute Gasteiger partial charge is 0.470 e. The summed E-state index contributed by atoms with van der Waals surface area (Å²) in [6.45, 7) is 0.389. The van der Waals surface area contributed by atoms with Gasteiger partial charge in [-0.25, -0.2) is 9.37 Å². The highest BCUT2D eigenvalue weighted by Crippen LogP contribution is 2.45. The molecular weight excluding hydrogens is 575 g/mol. The van der Waals surface area contributed by atoms with Gasteiger partial charge in [-0.1, -0.05) is 18.2 Å². The minimum Gasteiger partial charge on any atom is -0.470 e. The lowest BCUT2D eigenvalue weighted by Gasteiger charge is -2.21. The van der Waals surface area contributed by atoms with Crippen LogP contribution in [0.25, 0.3) is 55.8 Å². The van der Waals surface area contributed by atoms with Gasteiger partial charge in [0, 0.05) is 47.7 Å². The van der Waals surface area contributed by atoms with E-state index in [0.29, 0.717) is 46.0 Å². The number of carbonyl (C=O) groups is 1. The number of amides is 1. The molecule has 1 aliphatic heterocycles. The fraction of sp³-hybridized carbons (Fsp3) is 0.0968. The Morgan fingerprint density at radius 2 is 1.82 bits per heavy atom. The van der Waals surface area contributed by atoms with E-state index in [1.54, 1.807) is 19.2 Å². The van der Waals surface area contributed by atoms with Gasteiger partial charge in [-0.2, -0.15) is 0 Å². The minimum atomic E-state index is -0.366. The maximum atomic E-state index is 13.6. The van der Waals surface area contributed by atoms with E-state index >= 15 is 0 Å². The Kier molecular flexibility index (Phi) is 5.64. The number of nitrogens with one attached hydrogen (secondary N) is 2. The van der Waals surface area contributed by atoms with Gasteiger partial charge in [0.1, 0.15) is 28.6 Å². The van der Waals surface area contributed by atoms with E-state index in [2.05, 4.69) is 43.3 Å². The highest BCUT2D eigenvalue weighted by Gasteiger charge is 2.27. The lowest BCUT2D eigenvalue weighted by molar-refractivity contribution is 0.0964. The van der Waals surface area contributed by atoms with E-state index in [1.807, 2.05) is 43.4 Å². The van der Waals surface area contributed by atoms with E-state index in [0.717, 1.165) is 38.0 Å². The van der Waals surface area contributed by atoms with Crippen molar-refractivity contribution in [2.24, 2.45) is 0 Å². The zero-order chi connectivity index (χ0) is 27.5. The quantitative estimate of drug-likeness (QED) is 0.221. The summed E-state index contributed by atoms with van der Waals surface area (Å²) in [6, 6.07) is 21.6. The smallest absolute Gasteiger partial charge is 0.255 e. The fourth-order valence-electron chi connectivity index (χ4n) is 5.36. The van der Waals surface area contributed by atoms with E-state index < -0.39 is 0 Å². The maximum Gasteiger partial charge on any atom is 0.255 e. The highest BCUT2D eigenvalue weighted by molar-refractivity contribution is 9.10. The number of para-hydroxylation sites is 1. The van der Waals surface area contributed by atoms with Crippen LogP contribution in [0.2, 0.25) is 0 Å². The molecule has 0 saturated heterocycles. The molecule has 0 bridgehead atoms. The van der Waals surface area contributed by atoms with Gasteiger partial charge in [0.05, 0.1) is 26.9 Å². The third kappa shape index (κ3) is 3.61. The number of anilines is 1. The van der Waals surface area contributed by atoms with Crippen LogP contribution in [0.1, 0.15) is 10.4 Å². The van der Waals surface area contributed by atoms with Crippen molar-refractivity contribution in [3.05, 3.63) is 88.6 Å². The Labute approximate surface area is 236 Å². The number of carbonyl (C=O) groups excluding carboxylic acids is 1. The van der Waals surface area contributed by atoms with Crippen molar-refractivity contribution in [2.75, 3.05) is 19.4 Å². The fourth-order valence-corrected chi connectivity index (χ4v) is 6.10. The third-order valence-electron chi connectivity index (χ3n) is 7.27. The molecule has 9 heteroatoms. The van der Waals surface area contributed by atoms with Gasteiger partial charge >= 0.3 is 0 Å². The second kappa shape index (κ2) is 9.24. The first-order valence-electron chi connectivity index (χ1n) is 12.7. The molecule has 7 rings (SSSR count). The van der Waals surface area contributed by atoms with E-state index in [9.17, 15) is 9.18 Å². The van der Waals surface area contributed by atoms with Gasteiger partial charge in [0.15, 0.2) is 6.73 Å². The summed E-state index contributed by atoms with van der Waals surface area (Å²) < 4.78 is 29.0. The maximum absolute atomic E-state index is 13.6. The average Bonchev–Trinajstić information content (AvgIpc) is 3.51. The minimum absolute atomic E-state index is 0.304. The van der Waals surface area contributed by atoms with E-state index in [1.165, 1.54) is 12.1 Å². The molecule has 1 aliphatic rings. The average molecular weight is 597 g/mol. The number of furan rings is 1. The zero-order valence-electron chi connectivity index (χ0n) is 21.5. The number of fused-ring (bicyclic) bond motifs is 6. The lowest BCUT2D eigenvalue weighted by atomic mass is 10.0. The van der Waals surface area contributed by atoms with Gasteiger partial charge < -0.3 is 24.4 Å². The van der Waals surface area contributed by atoms with Gasteiger partial charge in [-0.3, -0.25) is 4.79 Å². The topological polar surface area (TPSA) is 81.3 Å². The SMILES string of the molecule is CNC(=O)c1c(-c2ccc(F)cc2)oc2cc(NC)c(-c3ccc4c(n3)-c3c(Br)c5ccccc5n3CO4)cc12. The molecule has 40 heavy (non-hydrogen) atoms. The first-order chi connectivity index (χ1) is 19.5. The van der Waals surface area contributed by atoms with Crippen LogP contribution in [0.4, 0.5) is 10.1 Å². The van der Waals surface area contributed by atoms with Crippen molar-refractivity contribution < 1.29 is 18.3 Å². The molecule has 0 saturated carbocycles. The van der Waals surface area contributed by atoms with Crippen molar-refractivity contribution in [3.8, 4) is 39.7 Å². The van der Waals surface area contributed by atoms with Crippen molar-refractivity contribution in [1.82, 2.24) is 14.9 Å². The number of aromatic nitrogens is 2. The Hall–Kier alpha value is -4.63. The van der Waals surface area contributed by atoms with Crippen LogP contribution in [0.3, 0.4) is 0 Å². The number of benzene rings is 3. The number of hydrogen-bond acceptors (Lipinski definition) is 5. The Morgan fingerprint density at radius 3 is 2.60 bits per heavy atom. The molecule has 0 radical (unpaired) electrons. The number of halogens is 2. The van der Waals surface area contributed by atoms with Crippen LogP contribution in [0.15, 0.2) is 81.7 Å². The number of rotatable bonds is 4. The standard InChI is InChI=1S/C31H22BrFN4O3/c1-34-22-14-25-20(26(31(38)35-2)30(40-25)16-7-9-17(33)10-8-16)13-19(22)21-11-12-24-28(36-21)29-27(32)18-5-3-4-6-23(18)37(29)15-39-24/h3-14,34H,15H2,1-2H3,(H,35,38). The molecule has 0 unspecified atom stereocenters. The van der Waals surface area contributed by atoms with Crippen LogP contribution in [-0.4, -0.2) is 29.6 Å². The Bertz CT molecular complexity index is 1980. The molecule has 7 nitrogen and oxygen atoms in total. The van der Waals surface area contributed by atoms with Crippen LogP contribution in [0, 0.1) is 5.82 Å². The van der Waals surface area contributed by atoms with E-state index in [-0.39, 0.29) is 11.7 Å². The summed E-state index contributed by atoms with van der Waals surface area (Å²) in [7, 11) is 3.39. The second-order valence-electron chi connectivity index (χ2n) is 9.46. The van der Waals surface area contributed by atoms with Crippen LogP contribution in [0.5, 0.6) is 5.75 Å². The Balaban J connectivity index is 1.45. The summed E-state index contributed by atoms with van der Waals surface area (Å²) >= 11 is 3.80. The highest BCUT2D eigenvalue weighted by atomic mass is 79.9. The summed E-state index contributed by atoms with van der Waals surface area (Å²) in [5.41, 5.74) is 6.49. The zero-order valence-corrected chi connectivity index (χ0v) is 23.1. The molecule has 3 aromatic carbocycles. The summed E-state index contributed by atoms with van der Waals surface area (Å²) in [4.78, 5) is 18.2. The van der Waals surface area contributed by atoms with Crippen LogP contribution < -0.4 is 15.4 Å². The summed E-state index contributed by atoms with van der Waals surface area (Å²) in [5, 5.41) is 7.66. The predicted octanol–water partition coefficient (Wildman–Crippen LogP) is 7.44. The molecular formula is C31H22BrFN4O3. The van der Waals surface area contributed by atoms with Gasteiger partial charge in [0.2, 0.25) is 0 Å². The first kappa shape index (κ1) is 24.4. The molecule has 0 aliphatic carbocycles. The monoisotopic (exact) mass is 596 g/mol. The Morgan fingerprint density at radius 1 is 1.02 bits per heavy atom. The van der Waals surface area contributed by atoms with Crippen molar-refractivity contribution >= 4 is 49.4 Å². The molecule has 4 heterocycles. The van der Waals surface area contributed by atoms with E-state index in [4.69, 9.17) is 14.1 Å². The molecule has 0 fully saturated rings. The number of nitrogens with zero attached hydrogens (tertiary/aromatic N) is 2. The molecule has 198 valence electrons. The van der Waals surface area contributed by atoms with Crippen LogP contribution >= 0.6 is 15.9 Å². The lowest BCUT2D eigenvalue weighted by Crippen LogP contribution is -2.18. The second-order valence-corrected chi connectivity index (χ2v) is 10.3. The molecule has 3 aromatic heterocycles.